The van der Waals surface area contributed by atoms with E-state index in [1.165, 1.54) is 17.4 Å². The molecule has 29 heavy (non-hydrogen) atoms. The SMILES string of the molecule is CCN(Cc1ccccc1)c1nc(Cl)nc2scc(-c3cccc([N+](=O)[O-])c3)c12. The molecule has 0 aliphatic carbocycles. The van der Waals surface area contributed by atoms with Crippen molar-refractivity contribution >= 4 is 44.7 Å². The minimum absolute atomic E-state index is 0.0508. The highest BCUT2D eigenvalue weighted by molar-refractivity contribution is 7.17. The summed E-state index contributed by atoms with van der Waals surface area (Å²) < 4.78 is 0. The number of nitro benzene ring substituents is 1. The number of halogens is 1. The van der Waals surface area contributed by atoms with Crippen molar-refractivity contribution in [1.29, 1.82) is 0 Å². The van der Waals surface area contributed by atoms with E-state index in [1.807, 2.05) is 29.6 Å². The van der Waals surface area contributed by atoms with Gasteiger partial charge in [-0.3, -0.25) is 10.1 Å². The second-order valence-electron chi connectivity index (χ2n) is 6.45. The molecule has 2 aromatic carbocycles. The first-order chi connectivity index (χ1) is 14.1. The van der Waals surface area contributed by atoms with Crippen LogP contribution in [-0.4, -0.2) is 21.4 Å². The maximum atomic E-state index is 11.2. The summed E-state index contributed by atoms with van der Waals surface area (Å²) in [5.41, 5.74) is 2.83. The normalized spacial score (nSPS) is 11.0. The predicted molar refractivity (Wildman–Crippen MR) is 118 cm³/mol. The molecule has 0 amide bonds. The van der Waals surface area contributed by atoms with Gasteiger partial charge in [0.25, 0.3) is 5.69 Å². The molecule has 2 aromatic heterocycles. The van der Waals surface area contributed by atoms with Crippen LogP contribution in [0.3, 0.4) is 0 Å². The van der Waals surface area contributed by atoms with Crippen molar-refractivity contribution in [2.24, 2.45) is 0 Å². The van der Waals surface area contributed by atoms with Crippen LogP contribution < -0.4 is 4.90 Å². The third-order valence-corrected chi connectivity index (χ3v) is 5.69. The first-order valence-corrected chi connectivity index (χ1v) is 10.3. The molecule has 4 rings (SSSR count). The summed E-state index contributed by atoms with van der Waals surface area (Å²) in [6.07, 6.45) is 0. The second kappa shape index (κ2) is 8.14. The van der Waals surface area contributed by atoms with Gasteiger partial charge in [0.15, 0.2) is 0 Å². The number of hydrogen-bond donors (Lipinski definition) is 0. The van der Waals surface area contributed by atoms with E-state index in [9.17, 15) is 10.1 Å². The van der Waals surface area contributed by atoms with E-state index >= 15 is 0 Å². The molecule has 0 radical (unpaired) electrons. The number of non-ortho nitro benzene ring substituents is 1. The summed E-state index contributed by atoms with van der Waals surface area (Å²) in [5, 5.41) is 14.2. The van der Waals surface area contributed by atoms with E-state index in [0.717, 1.165) is 39.3 Å². The average Bonchev–Trinajstić information content (AvgIpc) is 3.16. The van der Waals surface area contributed by atoms with Crippen LogP contribution in [0.1, 0.15) is 12.5 Å². The average molecular weight is 425 g/mol. The van der Waals surface area contributed by atoms with Gasteiger partial charge in [-0.1, -0.05) is 42.5 Å². The molecule has 6 nitrogen and oxygen atoms in total. The van der Waals surface area contributed by atoms with E-state index in [1.54, 1.807) is 12.1 Å². The molecule has 0 atom stereocenters. The number of thiophene rings is 1. The third kappa shape index (κ3) is 3.92. The summed E-state index contributed by atoms with van der Waals surface area (Å²) >= 11 is 7.67. The Morgan fingerprint density at radius 3 is 2.66 bits per heavy atom. The molecule has 0 saturated heterocycles. The molecule has 0 aliphatic rings. The quantitative estimate of drug-likeness (QED) is 0.217. The van der Waals surface area contributed by atoms with Gasteiger partial charge in [0, 0.05) is 36.2 Å². The van der Waals surface area contributed by atoms with Crippen LogP contribution in [0, 0.1) is 10.1 Å². The molecule has 0 aliphatic heterocycles. The fourth-order valence-electron chi connectivity index (χ4n) is 3.27. The Morgan fingerprint density at radius 2 is 1.93 bits per heavy atom. The summed E-state index contributed by atoms with van der Waals surface area (Å²) in [6, 6.07) is 16.7. The zero-order valence-corrected chi connectivity index (χ0v) is 17.2. The van der Waals surface area contributed by atoms with Gasteiger partial charge in [0.1, 0.15) is 10.6 Å². The third-order valence-electron chi connectivity index (χ3n) is 4.65. The second-order valence-corrected chi connectivity index (χ2v) is 7.65. The molecule has 4 aromatic rings. The Balaban J connectivity index is 1.87. The Kier molecular flexibility index (Phi) is 5.42. The number of aromatic nitrogens is 2. The molecule has 0 fully saturated rings. The fraction of sp³-hybridized carbons (Fsp3) is 0.143. The minimum atomic E-state index is -0.389. The molecule has 0 N–H and O–H groups in total. The molecule has 0 bridgehead atoms. The van der Waals surface area contributed by atoms with E-state index < -0.39 is 0 Å². The van der Waals surface area contributed by atoms with Crippen molar-refractivity contribution in [1.82, 2.24) is 9.97 Å². The predicted octanol–water partition coefficient (Wildman–Crippen LogP) is 5.95. The number of fused-ring (bicyclic) bond motifs is 1. The van der Waals surface area contributed by atoms with E-state index in [2.05, 4.69) is 33.9 Å². The monoisotopic (exact) mass is 424 g/mol. The van der Waals surface area contributed by atoms with Crippen LogP contribution in [0.25, 0.3) is 21.3 Å². The van der Waals surface area contributed by atoms with Crippen molar-refractivity contribution in [3.8, 4) is 11.1 Å². The van der Waals surface area contributed by atoms with Crippen LogP contribution >= 0.6 is 22.9 Å². The maximum absolute atomic E-state index is 11.2. The number of hydrogen-bond acceptors (Lipinski definition) is 6. The fourth-order valence-corrected chi connectivity index (χ4v) is 4.42. The van der Waals surface area contributed by atoms with Gasteiger partial charge in [-0.2, -0.15) is 4.98 Å². The number of benzene rings is 2. The van der Waals surface area contributed by atoms with Crippen molar-refractivity contribution < 1.29 is 4.92 Å². The zero-order chi connectivity index (χ0) is 20.4. The summed E-state index contributed by atoms with van der Waals surface area (Å²) in [4.78, 5) is 22.6. The number of anilines is 1. The highest BCUT2D eigenvalue weighted by atomic mass is 35.5. The molecule has 146 valence electrons. The lowest BCUT2D eigenvalue weighted by Crippen LogP contribution is -2.23. The van der Waals surface area contributed by atoms with Crippen molar-refractivity contribution in [3.05, 3.63) is 80.9 Å². The largest absolute Gasteiger partial charge is 0.352 e. The van der Waals surface area contributed by atoms with Gasteiger partial charge in [0.2, 0.25) is 5.28 Å². The van der Waals surface area contributed by atoms with Gasteiger partial charge in [-0.15, -0.1) is 11.3 Å². The Bertz CT molecular complexity index is 1180. The lowest BCUT2D eigenvalue weighted by Gasteiger charge is -2.23. The molecule has 2 heterocycles. The molecule has 0 unspecified atom stereocenters. The van der Waals surface area contributed by atoms with E-state index in [4.69, 9.17) is 11.6 Å². The number of nitrogens with zero attached hydrogens (tertiary/aromatic N) is 4. The molecule has 0 spiro atoms. The van der Waals surface area contributed by atoms with Crippen molar-refractivity contribution in [2.45, 2.75) is 13.5 Å². The van der Waals surface area contributed by atoms with Crippen LogP contribution in [0.4, 0.5) is 11.5 Å². The van der Waals surface area contributed by atoms with Crippen molar-refractivity contribution in [2.75, 3.05) is 11.4 Å². The van der Waals surface area contributed by atoms with Gasteiger partial charge < -0.3 is 4.90 Å². The molecular formula is C21H17ClN4O2S. The highest BCUT2D eigenvalue weighted by Gasteiger charge is 2.20. The Labute approximate surface area is 176 Å². The summed E-state index contributed by atoms with van der Waals surface area (Å²) in [7, 11) is 0. The van der Waals surface area contributed by atoms with Gasteiger partial charge in [-0.25, -0.2) is 4.98 Å². The summed E-state index contributed by atoms with van der Waals surface area (Å²) in [5.74, 6) is 0.731. The van der Waals surface area contributed by atoms with Crippen LogP contribution in [0.5, 0.6) is 0 Å². The van der Waals surface area contributed by atoms with Crippen LogP contribution in [-0.2, 0) is 6.54 Å². The zero-order valence-electron chi connectivity index (χ0n) is 15.6. The van der Waals surface area contributed by atoms with Crippen LogP contribution in [0.15, 0.2) is 60.0 Å². The molecule has 0 saturated carbocycles. The van der Waals surface area contributed by atoms with Crippen LogP contribution in [0.2, 0.25) is 5.28 Å². The van der Waals surface area contributed by atoms with Gasteiger partial charge >= 0.3 is 0 Å². The molecular weight excluding hydrogens is 408 g/mol. The maximum Gasteiger partial charge on any atom is 0.270 e. The van der Waals surface area contributed by atoms with E-state index in [-0.39, 0.29) is 15.9 Å². The lowest BCUT2D eigenvalue weighted by molar-refractivity contribution is -0.384. The summed E-state index contributed by atoms with van der Waals surface area (Å²) in [6.45, 7) is 3.45. The Morgan fingerprint density at radius 1 is 1.14 bits per heavy atom. The number of nitro groups is 1. The Hall–Kier alpha value is -3.03. The van der Waals surface area contributed by atoms with Gasteiger partial charge in [-0.05, 0) is 29.7 Å². The first-order valence-electron chi connectivity index (χ1n) is 9.05. The van der Waals surface area contributed by atoms with Gasteiger partial charge in [0.05, 0.1) is 10.3 Å². The minimum Gasteiger partial charge on any atom is -0.352 e. The van der Waals surface area contributed by atoms with E-state index in [0.29, 0.717) is 6.54 Å². The smallest absolute Gasteiger partial charge is 0.270 e. The standard InChI is InChI=1S/C21H17ClN4O2S/c1-2-25(12-14-7-4-3-5-8-14)19-18-17(13-29-20(18)24-21(22)23-19)15-9-6-10-16(11-15)26(27)28/h3-11,13H,2,12H2,1H3. The number of rotatable bonds is 6. The topological polar surface area (TPSA) is 72.2 Å². The first kappa shape index (κ1) is 19.3. The lowest BCUT2D eigenvalue weighted by atomic mass is 10.0. The van der Waals surface area contributed by atoms with Crippen molar-refractivity contribution in [3.63, 3.8) is 0 Å². The molecule has 8 heteroatoms. The highest BCUT2D eigenvalue weighted by Crippen LogP contribution is 2.40.